The molecule has 2 atom stereocenters. The van der Waals surface area contributed by atoms with Crippen molar-refractivity contribution in [2.75, 3.05) is 13.1 Å². The summed E-state index contributed by atoms with van der Waals surface area (Å²) in [4.78, 5) is 13.2. The van der Waals surface area contributed by atoms with Crippen LogP contribution in [0.25, 0.3) is 5.65 Å². The van der Waals surface area contributed by atoms with E-state index in [0.29, 0.717) is 11.8 Å². The largest absolute Gasteiger partial charge is 0.316 e. The van der Waals surface area contributed by atoms with E-state index in [9.17, 15) is 0 Å². The number of hydrogen-bond donors (Lipinski definition) is 1. The molecule has 0 amide bonds. The molecule has 2 aliphatic heterocycles. The van der Waals surface area contributed by atoms with Gasteiger partial charge in [-0.1, -0.05) is 13.3 Å². The fourth-order valence-corrected chi connectivity index (χ4v) is 3.34. The molecule has 4 heterocycles. The van der Waals surface area contributed by atoms with E-state index in [1.165, 1.54) is 17.8 Å². The third kappa shape index (κ3) is 1.54. The second-order valence-electron chi connectivity index (χ2n) is 5.35. The average Bonchev–Trinajstić information content (AvgIpc) is 3.15. The zero-order valence-corrected chi connectivity index (χ0v) is 11.0. The maximum atomic E-state index is 4.53. The van der Waals surface area contributed by atoms with Crippen molar-refractivity contribution in [3.63, 3.8) is 0 Å². The van der Waals surface area contributed by atoms with Crippen molar-refractivity contribution in [2.45, 2.75) is 25.7 Å². The van der Waals surface area contributed by atoms with E-state index in [1.807, 2.05) is 18.6 Å². The van der Waals surface area contributed by atoms with Gasteiger partial charge in [0, 0.05) is 37.0 Å². The molecule has 98 valence electrons. The first-order valence-corrected chi connectivity index (χ1v) is 6.97. The van der Waals surface area contributed by atoms with Gasteiger partial charge >= 0.3 is 0 Å². The SMILES string of the molecule is CCC1CNCC1c1cnc2cnc3c(n12)CC=N3. The second kappa shape index (κ2) is 4.13. The van der Waals surface area contributed by atoms with Gasteiger partial charge in [0.25, 0.3) is 0 Å². The van der Waals surface area contributed by atoms with Gasteiger partial charge in [-0.2, -0.15) is 0 Å². The van der Waals surface area contributed by atoms with Crippen molar-refractivity contribution in [3.05, 3.63) is 23.8 Å². The molecule has 0 spiro atoms. The molecule has 0 saturated carbocycles. The van der Waals surface area contributed by atoms with Crippen LogP contribution >= 0.6 is 0 Å². The summed E-state index contributed by atoms with van der Waals surface area (Å²) in [7, 11) is 0. The Labute approximate surface area is 111 Å². The standard InChI is InChI=1S/C14H17N5/c1-2-9-5-15-6-10(9)12-7-17-13-8-18-14-11(19(12)13)3-4-16-14/h4,7-10,15H,2-3,5-6H2,1H3. The van der Waals surface area contributed by atoms with E-state index in [4.69, 9.17) is 0 Å². The second-order valence-corrected chi connectivity index (χ2v) is 5.35. The molecule has 4 rings (SSSR count). The van der Waals surface area contributed by atoms with Gasteiger partial charge in [0.05, 0.1) is 11.9 Å². The number of hydrogen-bond acceptors (Lipinski definition) is 4. The summed E-state index contributed by atoms with van der Waals surface area (Å²) in [6, 6.07) is 0. The molecule has 2 unspecified atom stereocenters. The third-order valence-corrected chi connectivity index (χ3v) is 4.39. The molecule has 5 nitrogen and oxygen atoms in total. The minimum atomic E-state index is 0.548. The number of aromatic nitrogens is 3. The van der Waals surface area contributed by atoms with Crippen LogP contribution in [0.1, 0.15) is 30.7 Å². The molecule has 2 aliphatic rings. The van der Waals surface area contributed by atoms with Gasteiger partial charge in [0.1, 0.15) is 0 Å². The van der Waals surface area contributed by atoms with Crippen molar-refractivity contribution in [3.8, 4) is 0 Å². The van der Waals surface area contributed by atoms with Gasteiger partial charge < -0.3 is 5.32 Å². The molecule has 19 heavy (non-hydrogen) atoms. The number of aliphatic imine (C=N–C) groups is 1. The Morgan fingerprint density at radius 1 is 1.32 bits per heavy atom. The minimum Gasteiger partial charge on any atom is -0.316 e. The van der Waals surface area contributed by atoms with Gasteiger partial charge in [-0.25, -0.2) is 15.0 Å². The lowest BCUT2D eigenvalue weighted by Crippen LogP contribution is -2.13. The van der Waals surface area contributed by atoms with Crippen molar-refractivity contribution in [2.24, 2.45) is 10.9 Å². The quantitative estimate of drug-likeness (QED) is 0.888. The molecule has 0 radical (unpaired) electrons. The van der Waals surface area contributed by atoms with Crippen molar-refractivity contribution in [1.82, 2.24) is 19.7 Å². The lowest BCUT2D eigenvalue weighted by atomic mass is 9.91. The van der Waals surface area contributed by atoms with Crippen LogP contribution in [0.3, 0.4) is 0 Å². The van der Waals surface area contributed by atoms with E-state index in [1.54, 1.807) is 0 Å². The molecule has 1 N–H and O–H groups in total. The zero-order valence-electron chi connectivity index (χ0n) is 11.0. The highest BCUT2D eigenvalue weighted by Gasteiger charge is 2.30. The Morgan fingerprint density at radius 2 is 2.26 bits per heavy atom. The molecule has 0 aromatic carbocycles. The molecule has 2 aromatic heterocycles. The minimum absolute atomic E-state index is 0.548. The molecule has 1 saturated heterocycles. The van der Waals surface area contributed by atoms with Gasteiger partial charge in [0.2, 0.25) is 0 Å². The molecule has 0 aliphatic carbocycles. The average molecular weight is 255 g/mol. The van der Waals surface area contributed by atoms with E-state index < -0.39 is 0 Å². The number of nitrogens with zero attached hydrogens (tertiary/aromatic N) is 4. The molecule has 1 fully saturated rings. The summed E-state index contributed by atoms with van der Waals surface area (Å²) in [5.41, 5.74) is 3.45. The molecular weight excluding hydrogens is 238 g/mol. The predicted molar refractivity (Wildman–Crippen MR) is 74.2 cm³/mol. The van der Waals surface area contributed by atoms with Crippen LogP contribution in [-0.2, 0) is 6.42 Å². The molecule has 0 bridgehead atoms. The third-order valence-electron chi connectivity index (χ3n) is 4.39. The Kier molecular flexibility index (Phi) is 2.41. The first-order chi connectivity index (χ1) is 9.38. The Bertz CT molecular complexity index is 657. The number of fused-ring (bicyclic) bond motifs is 3. The van der Waals surface area contributed by atoms with Gasteiger partial charge in [-0.05, 0) is 12.5 Å². The van der Waals surface area contributed by atoms with E-state index in [-0.39, 0.29) is 0 Å². The number of nitrogens with one attached hydrogen (secondary N) is 1. The van der Waals surface area contributed by atoms with E-state index in [0.717, 1.165) is 31.0 Å². The molecular formula is C14H17N5. The van der Waals surface area contributed by atoms with Crippen LogP contribution in [-0.4, -0.2) is 33.7 Å². The van der Waals surface area contributed by atoms with E-state index >= 15 is 0 Å². The van der Waals surface area contributed by atoms with Crippen molar-refractivity contribution < 1.29 is 0 Å². The fourth-order valence-electron chi connectivity index (χ4n) is 3.34. The lowest BCUT2D eigenvalue weighted by molar-refractivity contribution is 0.491. The highest BCUT2D eigenvalue weighted by Crippen LogP contribution is 2.33. The Morgan fingerprint density at radius 3 is 3.16 bits per heavy atom. The smallest absolute Gasteiger partial charge is 0.172 e. The summed E-state index contributed by atoms with van der Waals surface area (Å²) in [6.07, 6.45) is 7.85. The summed E-state index contributed by atoms with van der Waals surface area (Å²) in [6.45, 7) is 4.42. The van der Waals surface area contributed by atoms with E-state index in [2.05, 4.69) is 31.6 Å². The Hall–Kier alpha value is -1.75. The van der Waals surface area contributed by atoms with Crippen molar-refractivity contribution in [1.29, 1.82) is 0 Å². The highest BCUT2D eigenvalue weighted by molar-refractivity contribution is 5.73. The Balaban J connectivity index is 1.89. The maximum absolute atomic E-state index is 4.53. The van der Waals surface area contributed by atoms with Crippen LogP contribution in [0.5, 0.6) is 0 Å². The topological polar surface area (TPSA) is 54.6 Å². The number of imidazole rings is 1. The summed E-state index contributed by atoms with van der Waals surface area (Å²) < 4.78 is 2.27. The van der Waals surface area contributed by atoms with Crippen LogP contribution in [0.2, 0.25) is 0 Å². The lowest BCUT2D eigenvalue weighted by Gasteiger charge is -2.17. The van der Waals surface area contributed by atoms with Crippen molar-refractivity contribution >= 4 is 17.7 Å². The normalized spacial score (nSPS) is 25.3. The summed E-state index contributed by atoms with van der Waals surface area (Å²) >= 11 is 0. The zero-order chi connectivity index (χ0) is 12.8. The summed E-state index contributed by atoms with van der Waals surface area (Å²) in [5.74, 6) is 2.10. The molecule has 2 aromatic rings. The summed E-state index contributed by atoms with van der Waals surface area (Å²) in [5, 5.41) is 3.51. The van der Waals surface area contributed by atoms with Crippen LogP contribution in [0.15, 0.2) is 17.4 Å². The van der Waals surface area contributed by atoms with Gasteiger partial charge in [-0.15, -0.1) is 0 Å². The van der Waals surface area contributed by atoms with Crippen LogP contribution in [0, 0.1) is 5.92 Å². The predicted octanol–water partition coefficient (Wildman–Crippen LogP) is 1.70. The first-order valence-electron chi connectivity index (χ1n) is 6.97. The highest BCUT2D eigenvalue weighted by atomic mass is 15.1. The maximum Gasteiger partial charge on any atom is 0.172 e. The fraction of sp³-hybridized carbons (Fsp3) is 0.500. The molecule has 5 heteroatoms. The van der Waals surface area contributed by atoms with Crippen LogP contribution in [0.4, 0.5) is 5.82 Å². The van der Waals surface area contributed by atoms with Gasteiger partial charge in [0.15, 0.2) is 11.5 Å². The van der Waals surface area contributed by atoms with Gasteiger partial charge in [-0.3, -0.25) is 4.40 Å². The van der Waals surface area contributed by atoms with Crippen LogP contribution < -0.4 is 5.32 Å². The monoisotopic (exact) mass is 255 g/mol. The number of rotatable bonds is 2. The first kappa shape index (κ1) is 11.1.